The van der Waals surface area contributed by atoms with E-state index in [-0.39, 0.29) is 0 Å². The zero-order valence-electron chi connectivity index (χ0n) is 11.3. The molecule has 2 rings (SSSR count). The third-order valence-electron chi connectivity index (χ3n) is 3.00. The molecule has 0 atom stereocenters. The Labute approximate surface area is 103 Å². The van der Waals surface area contributed by atoms with Crippen LogP contribution >= 0.6 is 0 Å². The van der Waals surface area contributed by atoms with Crippen LogP contribution < -0.4 is 0 Å². The molecule has 17 heavy (non-hydrogen) atoms. The van der Waals surface area contributed by atoms with Crippen molar-refractivity contribution in [3.63, 3.8) is 0 Å². The lowest BCUT2D eigenvalue weighted by molar-refractivity contribution is 0.402. The van der Waals surface area contributed by atoms with Crippen LogP contribution in [0.4, 0.5) is 0 Å². The average molecular weight is 228 g/mol. The minimum absolute atomic E-state index is 0.976. The number of nitrogens with zero attached hydrogens (tertiary/aromatic N) is 2. The molecule has 0 spiro atoms. The maximum absolute atomic E-state index is 4.64. The van der Waals surface area contributed by atoms with Crippen LogP contribution in [-0.4, -0.2) is 24.0 Å². The van der Waals surface area contributed by atoms with Crippen molar-refractivity contribution in [2.24, 2.45) is 0 Å². The molecule has 0 aliphatic heterocycles. The first-order valence-corrected chi connectivity index (χ1v) is 5.99. The lowest BCUT2D eigenvalue weighted by atomic mass is 10.0. The molecule has 1 aromatic carbocycles. The number of aryl methyl sites for hydroxylation is 3. The number of pyridine rings is 1. The molecule has 2 heteroatoms. The minimum atomic E-state index is 0.976. The third-order valence-corrected chi connectivity index (χ3v) is 3.00. The van der Waals surface area contributed by atoms with Crippen LogP contribution in [0.5, 0.6) is 0 Å². The second-order valence-corrected chi connectivity index (χ2v) is 5.13. The molecule has 0 radical (unpaired) electrons. The Kier molecular flexibility index (Phi) is 3.16. The van der Waals surface area contributed by atoms with Crippen molar-refractivity contribution in [3.05, 3.63) is 40.6 Å². The lowest BCUT2D eigenvalue weighted by Gasteiger charge is -2.13. The molecule has 0 saturated carbocycles. The molecule has 0 aliphatic rings. The van der Waals surface area contributed by atoms with Crippen LogP contribution in [0.3, 0.4) is 0 Å². The van der Waals surface area contributed by atoms with E-state index in [1.54, 1.807) is 0 Å². The van der Waals surface area contributed by atoms with E-state index >= 15 is 0 Å². The summed E-state index contributed by atoms with van der Waals surface area (Å²) in [5.74, 6) is 0. The van der Waals surface area contributed by atoms with Gasteiger partial charge in [0.05, 0.1) is 5.52 Å². The normalized spacial score (nSPS) is 11.4. The number of hydrogen-bond donors (Lipinski definition) is 0. The maximum atomic E-state index is 4.64. The Balaban J connectivity index is 2.64. The fourth-order valence-electron chi connectivity index (χ4n) is 2.36. The van der Waals surface area contributed by atoms with Gasteiger partial charge in [-0.3, -0.25) is 4.98 Å². The largest absolute Gasteiger partial charge is 0.305 e. The van der Waals surface area contributed by atoms with Crippen molar-refractivity contribution in [1.29, 1.82) is 0 Å². The van der Waals surface area contributed by atoms with Gasteiger partial charge in [0.15, 0.2) is 0 Å². The summed E-state index contributed by atoms with van der Waals surface area (Å²) in [7, 11) is 4.19. The number of benzene rings is 1. The van der Waals surface area contributed by atoms with E-state index in [0.717, 1.165) is 17.8 Å². The highest BCUT2D eigenvalue weighted by molar-refractivity contribution is 5.85. The van der Waals surface area contributed by atoms with Crippen molar-refractivity contribution >= 4 is 10.9 Å². The summed E-state index contributed by atoms with van der Waals surface area (Å²) >= 11 is 0. The zero-order valence-corrected chi connectivity index (χ0v) is 11.3. The second kappa shape index (κ2) is 4.46. The van der Waals surface area contributed by atoms with E-state index in [1.807, 2.05) is 0 Å². The van der Waals surface area contributed by atoms with Crippen molar-refractivity contribution in [2.45, 2.75) is 27.3 Å². The molecule has 1 heterocycles. The Bertz CT molecular complexity index is 556. The van der Waals surface area contributed by atoms with E-state index in [0.29, 0.717) is 0 Å². The molecule has 2 nitrogen and oxygen atoms in total. The summed E-state index contributed by atoms with van der Waals surface area (Å²) in [5, 5.41) is 1.28. The first-order chi connectivity index (χ1) is 7.97. The molecule has 0 fully saturated rings. The Morgan fingerprint density at radius 2 is 1.71 bits per heavy atom. The first kappa shape index (κ1) is 12.1. The summed E-state index contributed by atoms with van der Waals surface area (Å²) in [6, 6.07) is 6.67. The molecule has 2 aromatic rings. The molecule has 0 amide bonds. The fraction of sp³-hybridized carbons (Fsp3) is 0.400. The fourth-order valence-corrected chi connectivity index (χ4v) is 2.36. The average Bonchev–Trinajstić information content (AvgIpc) is 2.19. The SMILES string of the molecule is Cc1cc(C)c2cc(CN(C)C)cc(C)c2n1. The molecule has 0 aliphatic carbocycles. The number of fused-ring (bicyclic) bond motifs is 1. The van der Waals surface area contributed by atoms with Gasteiger partial charge in [-0.15, -0.1) is 0 Å². The van der Waals surface area contributed by atoms with Gasteiger partial charge in [-0.05, 0) is 63.7 Å². The number of aromatic nitrogens is 1. The molecule has 0 bridgehead atoms. The number of hydrogen-bond acceptors (Lipinski definition) is 2. The minimum Gasteiger partial charge on any atom is -0.305 e. The topological polar surface area (TPSA) is 16.1 Å². The highest BCUT2D eigenvalue weighted by Crippen LogP contribution is 2.23. The summed E-state index contributed by atoms with van der Waals surface area (Å²) in [4.78, 5) is 6.83. The first-order valence-electron chi connectivity index (χ1n) is 5.99. The van der Waals surface area contributed by atoms with Gasteiger partial charge < -0.3 is 4.90 Å². The number of rotatable bonds is 2. The zero-order chi connectivity index (χ0) is 12.6. The van der Waals surface area contributed by atoms with Gasteiger partial charge in [0.25, 0.3) is 0 Å². The van der Waals surface area contributed by atoms with Crippen LogP contribution in [0.2, 0.25) is 0 Å². The smallest absolute Gasteiger partial charge is 0.0737 e. The Morgan fingerprint density at radius 3 is 2.35 bits per heavy atom. The van der Waals surface area contributed by atoms with Crippen LogP contribution in [0, 0.1) is 20.8 Å². The van der Waals surface area contributed by atoms with Gasteiger partial charge in [0.2, 0.25) is 0 Å². The Morgan fingerprint density at radius 1 is 1.00 bits per heavy atom. The van der Waals surface area contributed by atoms with E-state index in [2.05, 4.69) is 62.9 Å². The van der Waals surface area contributed by atoms with Gasteiger partial charge >= 0.3 is 0 Å². The molecule has 0 unspecified atom stereocenters. The molecule has 0 N–H and O–H groups in total. The predicted molar refractivity (Wildman–Crippen MR) is 73.3 cm³/mol. The van der Waals surface area contributed by atoms with Gasteiger partial charge in [0, 0.05) is 17.6 Å². The van der Waals surface area contributed by atoms with Crippen molar-refractivity contribution < 1.29 is 0 Å². The van der Waals surface area contributed by atoms with E-state index < -0.39 is 0 Å². The molecule has 0 saturated heterocycles. The van der Waals surface area contributed by atoms with Crippen LogP contribution in [0.1, 0.15) is 22.4 Å². The highest BCUT2D eigenvalue weighted by atomic mass is 15.0. The van der Waals surface area contributed by atoms with Crippen molar-refractivity contribution in [2.75, 3.05) is 14.1 Å². The summed E-state index contributed by atoms with van der Waals surface area (Å²) in [5.41, 5.74) is 6.18. The van der Waals surface area contributed by atoms with Gasteiger partial charge in [-0.25, -0.2) is 0 Å². The summed E-state index contributed by atoms with van der Waals surface area (Å²) in [6.07, 6.45) is 0. The van der Waals surface area contributed by atoms with Gasteiger partial charge in [-0.2, -0.15) is 0 Å². The van der Waals surface area contributed by atoms with Crippen LogP contribution in [0.15, 0.2) is 18.2 Å². The molecule has 90 valence electrons. The van der Waals surface area contributed by atoms with Crippen molar-refractivity contribution in [3.8, 4) is 0 Å². The third kappa shape index (κ3) is 2.47. The van der Waals surface area contributed by atoms with E-state index in [9.17, 15) is 0 Å². The van der Waals surface area contributed by atoms with Crippen LogP contribution in [-0.2, 0) is 6.54 Å². The van der Waals surface area contributed by atoms with Gasteiger partial charge in [-0.1, -0.05) is 6.07 Å². The quantitative estimate of drug-likeness (QED) is 0.784. The Hall–Kier alpha value is -1.41. The van der Waals surface area contributed by atoms with Gasteiger partial charge in [0.1, 0.15) is 0 Å². The van der Waals surface area contributed by atoms with E-state index in [1.165, 1.54) is 22.1 Å². The van der Waals surface area contributed by atoms with Crippen molar-refractivity contribution in [1.82, 2.24) is 9.88 Å². The standard InChI is InChI=1S/C15H20N2/c1-10-6-12(3)16-15-11(2)7-13(8-14(10)15)9-17(4)5/h6-8H,9H2,1-5H3. The summed E-state index contributed by atoms with van der Waals surface area (Å²) < 4.78 is 0. The highest BCUT2D eigenvalue weighted by Gasteiger charge is 2.06. The van der Waals surface area contributed by atoms with Crippen LogP contribution in [0.25, 0.3) is 10.9 Å². The maximum Gasteiger partial charge on any atom is 0.0737 e. The predicted octanol–water partition coefficient (Wildman–Crippen LogP) is 3.22. The second-order valence-electron chi connectivity index (χ2n) is 5.13. The lowest BCUT2D eigenvalue weighted by Crippen LogP contribution is -2.10. The van der Waals surface area contributed by atoms with E-state index in [4.69, 9.17) is 0 Å². The monoisotopic (exact) mass is 228 g/mol. The molecule has 1 aromatic heterocycles. The molecular formula is C15H20N2. The molecular weight excluding hydrogens is 208 g/mol. The summed E-state index contributed by atoms with van der Waals surface area (Å²) in [6.45, 7) is 7.34.